The van der Waals surface area contributed by atoms with E-state index in [0.29, 0.717) is 11.4 Å². The first kappa shape index (κ1) is 15.7. The van der Waals surface area contributed by atoms with Crippen LogP contribution in [0.5, 0.6) is 5.75 Å². The minimum absolute atomic E-state index is 0.130. The minimum atomic E-state index is -0.491. The van der Waals surface area contributed by atoms with E-state index in [-0.39, 0.29) is 11.4 Å². The summed E-state index contributed by atoms with van der Waals surface area (Å²) in [5, 5.41) is 6.71. The third-order valence-electron chi connectivity index (χ3n) is 3.31. The predicted molar refractivity (Wildman–Crippen MR) is 84.4 cm³/mol. The first-order valence-electron chi connectivity index (χ1n) is 7.03. The average molecular weight is 329 g/mol. The molecule has 0 saturated carbocycles. The Bertz CT molecular complexity index is 893. The highest BCUT2D eigenvalue weighted by atomic mass is 19.1. The van der Waals surface area contributed by atoms with E-state index >= 15 is 0 Å². The van der Waals surface area contributed by atoms with Gasteiger partial charge in [-0.05, 0) is 36.4 Å². The first-order valence-corrected chi connectivity index (χ1v) is 7.03. The zero-order valence-corrected chi connectivity index (χ0v) is 12.7. The number of rotatable bonds is 4. The van der Waals surface area contributed by atoms with Gasteiger partial charge in [0.2, 0.25) is 0 Å². The van der Waals surface area contributed by atoms with Gasteiger partial charge in [0.05, 0.1) is 18.5 Å². The van der Waals surface area contributed by atoms with Crippen LogP contribution in [-0.2, 0) is 0 Å². The molecule has 1 amide bonds. The van der Waals surface area contributed by atoms with E-state index in [9.17, 15) is 13.6 Å². The summed E-state index contributed by atoms with van der Waals surface area (Å²) in [7, 11) is 1.38. The fourth-order valence-electron chi connectivity index (χ4n) is 2.16. The number of nitrogens with one attached hydrogen (secondary N) is 1. The summed E-state index contributed by atoms with van der Waals surface area (Å²) in [5.74, 6) is -1.16. The van der Waals surface area contributed by atoms with Gasteiger partial charge in [-0.3, -0.25) is 4.79 Å². The number of carbonyl (C=O) groups excluding carboxylic acids is 1. The van der Waals surface area contributed by atoms with Gasteiger partial charge in [-0.1, -0.05) is 6.07 Å². The second kappa shape index (κ2) is 6.49. The van der Waals surface area contributed by atoms with Gasteiger partial charge in [-0.15, -0.1) is 0 Å². The molecule has 0 spiro atoms. The van der Waals surface area contributed by atoms with E-state index in [0.717, 1.165) is 0 Å². The zero-order chi connectivity index (χ0) is 17.1. The maximum Gasteiger partial charge on any atom is 0.276 e. The van der Waals surface area contributed by atoms with Crippen molar-refractivity contribution in [3.8, 4) is 11.4 Å². The van der Waals surface area contributed by atoms with Crippen LogP contribution >= 0.6 is 0 Å². The normalized spacial score (nSPS) is 10.5. The Morgan fingerprint density at radius 1 is 1.12 bits per heavy atom. The van der Waals surface area contributed by atoms with Crippen molar-refractivity contribution in [3.05, 3.63) is 72.1 Å². The molecule has 1 heterocycles. The number of nitrogens with zero attached hydrogens (tertiary/aromatic N) is 2. The van der Waals surface area contributed by atoms with E-state index in [1.165, 1.54) is 48.2 Å². The molecule has 0 aliphatic carbocycles. The number of ether oxygens (including phenoxy) is 1. The molecular formula is C17H13F2N3O2. The molecule has 0 unspecified atom stereocenters. The highest BCUT2D eigenvalue weighted by Gasteiger charge is 2.13. The Labute approximate surface area is 136 Å². The lowest BCUT2D eigenvalue weighted by atomic mass is 10.2. The maximum absolute atomic E-state index is 13.3. The molecule has 0 saturated heterocycles. The summed E-state index contributed by atoms with van der Waals surface area (Å²) < 4.78 is 32.9. The molecule has 3 rings (SSSR count). The maximum atomic E-state index is 13.3. The summed E-state index contributed by atoms with van der Waals surface area (Å²) in [6.07, 6.45) is 1.55. The lowest BCUT2D eigenvalue weighted by Crippen LogP contribution is -2.14. The summed E-state index contributed by atoms with van der Waals surface area (Å²) in [6, 6.07) is 11.1. The number of halogens is 2. The molecule has 1 aromatic heterocycles. The molecule has 0 atom stereocenters. The molecule has 0 aliphatic heterocycles. The number of benzene rings is 2. The SMILES string of the molecule is COc1cc(F)ccc1NC(=O)c1ccn(-c2cccc(F)c2)n1. The third kappa shape index (κ3) is 3.24. The fraction of sp³-hybridized carbons (Fsp3) is 0.0588. The largest absolute Gasteiger partial charge is 0.494 e. The Morgan fingerprint density at radius 2 is 1.92 bits per heavy atom. The summed E-state index contributed by atoms with van der Waals surface area (Å²) in [6.45, 7) is 0. The Morgan fingerprint density at radius 3 is 2.67 bits per heavy atom. The molecule has 122 valence electrons. The number of carbonyl (C=O) groups is 1. The molecule has 24 heavy (non-hydrogen) atoms. The van der Waals surface area contributed by atoms with Crippen LogP contribution in [0.4, 0.5) is 14.5 Å². The third-order valence-corrected chi connectivity index (χ3v) is 3.31. The van der Waals surface area contributed by atoms with Crippen molar-refractivity contribution in [2.24, 2.45) is 0 Å². The molecule has 2 aromatic carbocycles. The average Bonchev–Trinajstić information content (AvgIpc) is 3.06. The smallest absolute Gasteiger partial charge is 0.276 e. The van der Waals surface area contributed by atoms with Crippen molar-refractivity contribution in [3.63, 3.8) is 0 Å². The Balaban J connectivity index is 1.82. The molecule has 3 aromatic rings. The Kier molecular flexibility index (Phi) is 4.24. The molecular weight excluding hydrogens is 316 g/mol. The summed E-state index contributed by atoms with van der Waals surface area (Å²) in [5.41, 5.74) is 0.947. The van der Waals surface area contributed by atoms with E-state index in [2.05, 4.69) is 10.4 Å². The number of methoxy groups -OCH3 is 1. The van der Waals surface area contributed by atoms with Crippen molar-refractivity contribution in [2.75, 3.05) is 12.4 Å². The van der Waals surface area contributed by atoms with E-state index < -0.39 is 17.5 Å². The Hall–Kier alpha value is -3.22. The van der Waals surface area contributed by atoms with Gasteiger partial charge in [-0.2, -0.15) is 5.10 Å². The van der Waals surface area contributed by atoms with E-state index in [1.807, 2.05) is 0 Å². The lowest BCUT2D eigenvalue weighted by Gasteiger charge is -2.09. The van der Waals surface area contributed by atoms with Gasteiger partial charge in [0.15, 0.2) is 5.69 Å². The van der Waals surface area contributed by atoms with Crippen molar-refractivity contribution in [2.45, 2.75) is 0 Å². The molecule has 0 fully saturated rings. The quantitative estimate of drug-likeness (QED) is 0.798. The highest BCUT2D eigenvalue weighted by Crippen LogP contribution is 2.25. The topological polar surface area (TPSA) is 56.1 Å². The van der Waals surface area contributed by atoms with Gasteiger partial charge in [0.25, 0.3) is 5.91 Å². The van der Waals surface area contributed by atoms with E-state index in [4.69, 9.17) is 4.74 Å². The van der Waals surface area contributed by atoms with Gasteiger partial charge < -0.3 is 10.1 Å². The van der Waals surface area contributed by atoms with Crippen molar-refractivity contribution in [1.29, 1.82) is 0 Å². The minimum Gasteiger partial charge on any atom is -0.494 e. The van der Waals surface area contributed by atoms with Gasteiger partial charge >= 0.3 is 0 Å². The second-order valence-corrected chi connectivity index (χ2v) is 4.92. The summed E-state index contributed by atoms with van der Waals surface area (Å²) in [4.78, 5) is 12.3. The van der Waals surface area contributed by atoms with Crippen LogP contribution in [0.3, 0.4) is 0 Å². The van der Waals surface area contributed by atoms with Crippen molar-refractivity contribution in [1.82, 2.24) is 9.78 Å². The first-order chi connectivity index (χ1) is 11.6. The van der Waals surface area contributed by atoms with Crippen molar-refractivity contribution < 1.29 is 18.3 Å². The number of hydrogen-bond donors (Lipinski definition) is 1. The second-order valence-electron chi connectivity index (χ2n) is 4.92. The number of anilines is 1. The van der Waals surface area contributed by atoms with Crippen LogP contribution in [-0.4, -0.2) is 22.8 Å². The lowest BCUT2D eigenvalue weighted by molar-refractivity contribution is 0.102. The van der Waals surface area contributed by atoms with Crippen LogP contribution in [0.1, 0.15) is 10.5 Å². The predicted octanol–water partition coefficient (Wildman–Crippen LogP) is 3.41. The molecule has 7 heteroatoms. The van der Waals surface area contributed by atoms with Gasteiger partial charge in [0, 0.05) is 12.3 Å². The summed E-state index contributed by atoms with van der Waals surface area (Å²) >= 11 is 0. The molecule has 1 N–H and O–H groups in total. The van der Waals surface area contributed by atoms with E-state index in [1.54, 1.807) is 18.3 Å². The number of hydrogen-bond acceptors (Lipinski definition) is 3. The van der Waals surface area contributed by atoms with Crippen LogP contribution in [0.25, 0.3) is 5.69 Å². The monoisotopic (exact) mass is 329 g/mol. The highest BCUT2D eigenvalue weighted by molar-refractivity contribution is 6.03. The molecule has 0 radical (unpaired) electrons. The molecule has 5 nitrogen and oxygen atoms in total. The standard InChI is InChI=1S/C17H13F2N3O2/c1-24-16-10-12(19)5-6-14(16)20-17(23)15-7-8-22(21-15)13-4-2-3-11(18)9-13/h2-10H,1H3,(H,20,23). The van der Waals surface area contributed by atoms with Crippen molar-refractivity contribution >= 4 is 11.6 Å². The zero-order valence-electron chi connectivity index (χ0n) is 12.7. The molecule has 0 bridgehead atoms. The molecule has 0 aliphatic rings. The van der Waals surface area contributed by atoms with Crippen LogP contribution < -0.4 is 10.1 Å². The van der Waals surface area contributed by atoms with Crippen LogP contribution in [0, 0.1) is 11.6 Å². The number of aromatic nitrogens is 2. The number of amides is 1. The van der Waals surface area contributed by atoms with Crippen LogP contribution in [0.2, 0.25) is 0 Å². The van der Waals surface area contributed by atoms with Gasteiger partial charge in [0.1, 0.15) is 17.4 Å². The fourth-order valence-corrected chi connectivity index (χ4v) is 2.16. The van der Waals surface area contributed by atoms with Crippen LogP contribution in [0.15, 0.2) is 54.7 Å². The van der Waals surface area contributed by atoms with Gasteiger partial charge in [-0.25, -0.2) is 13.5 Å².